The van der Waals surface area contributed by atoms with Crippen molar-refractivity contribution >= 4 is 0 Å². The maximum Gasteiger partial charge on any atom is 0.168 e. The van der Waals surface area contributed by atoms with Gasteiger partial charge < -0.3 is 9.47 Å². The highest BCUT2D eigenvalue weighted by Crippen LogP contribution is 2.42. The quantitative estimate of drug-likeness (QED) is 0.753. The van der Waals surface area contributed by atoms with Crippen LogP contribution in [0.1, 0.15) is 39.5 Å². The average Bonchev–Trinajstić information content (AvgIpc) is 2.82. The fourth-order valence-electron chi connectivity index (χ4n) is 3.16. The zero-order valence-corrected chi connectivity index (χ0v) is 10.9. The summed E-state index contributed by atoms with van der Waals surface area (Å²) in [6.45, 7) is 7.50. The van der Waals surface area contributed by atoms with E-state index in [-0.39, 0.29) is 11.3 Å². The molecule has 0 aromatic carbocycles. The lowest BCUT2D eigenvalue weighted by Crippen LogP contribution is -2.53. The predicted molar refractivity (Wildman–Crippen MR) is 64.4 cm³/mol. The molecule has 2 rings (SSSR count). The van der Waals surface area contributed by atoms with E-state index in [9.17, 15) is 5.26 Å². The molecule has 0 aromatic rings. The molecule has 17 heavy (non-hydrogen) atoms. The van der Waals surface area contributed by atoms with E-state index in [0.29, 0.717) is 13.2 Å². The van der Waals surface area contributed by atoms with Gasteiger partial charge in [0.1, 0.15) is 5.54 Å². The van der Waals surface area contributed by atoms with Crippen LogP contribution >= 0.6 is 0 Å². The minimum atomic E-state index is -0.368. The first kappa shape index (κ1) is 12.8. The number of hydrogen-bond donors (Lipinski definition) is 0. The molecule has 96 valence electrons. The Bertz CT molecular complexity index is 291. The predicted octanol–water partition coefficient (Wildman–Crippen LogP) is 1.91. The number of hydrogen-bond acceptors (Lipinski definition) is 4. The second-order valence-electron chi connectivity index (χ2n) is 4.92. The number of nitrogens with zero attached hydrogens (tertiary/aromatic N) is 2. The summed E-state index contributed by atoms with van der Waals surface area (Å²) in [6, 6.07) is 2.54. The van der Waals surface area contributed by atoms with Gasteiger partial charge in [-0.15, -0.1) is 0 Å². The van der Waals surface area contributed by atoms with E-state index >= 15 is 0 Å². The van der Waals surface area contributed by atoms with Crippen molar-refractivity contribution in [2.45, 2.75) is 50.9 Å². The van der Waals surface area contributed by atoms with Gasteiger partial charge in [0.25, 0.3) is 0 Å². The smallest absolute Gasteiger partial charge is 0.168 e. The van der Waals surface area contributed by atoms with Gasteiger partial charge in [0, 0.05) is 12.8 Å². The highest BCUT2D eigenvalue weighted by Gasteiger charge is 2.48. The summed E-state index contributed by atoms with van der Waals surface area (Å²) in [5.74, 6) is -0.368. The molecule has 0 aromatic heterocycles. The normalized spacial score (nSPS) is 26.2. The van der Waals surface area contributed by atoms with Crippen LogP contribution in [0.15, 0.2) is 0 Å². The molecule has 4 nitrogen and oxygen atoms in total. The SMILES string of the molecule is CCN(CC)C1(C#N)CCC2(CC1)OCCO2. The van der Waals surface area contributed by atoms with E-state index in [1.165, 1.54) is 0 Å². The fraction of sp³-hybridized carbons (Fsp3) is 0.923. The Balaban J connectivity index is 2.06. The van der Waals surface area contributed by atoms with Crippen LogP contribution in [-0.4, -0.2) is 42.5 Å². The Morgan fingerprint density at radius 1 is 1.06 bits per heavy atom. The molecular formula is C13H22N2O2. The van der Waals surface area contributed by atoms with E-state index in [0.717, 1.165) is 38.8 Å². The standard InChI is InChI=1S/C13H22N2O2/c1-3-15(4-2)12(11-14)5-7-13(8-6-12)16-9-10-17-13/h3-10H2,1-2H3. The van der Waals surface area contributed by atoms with E-state index in [2.05, 4.69) is 24.8 Å². The molecular weight excluding hydrogens is 216 g/mol. The van der Waals surface area contributed by atoms with Crippen molar-refractivity contribution in [3.05, 3.63) is 0 Å². The number of nitriles is 1. The lowest BCUT2D eigenvalue weighted by atomic mass is 9.78. The van der Waals surface area contributed by atoms with Crippen molar-refractivity contribution in [2.75, 3.05) is 26.3 Å². The Kier molecular flexibility index (Phi) is 3.72. The van der Waals surface area contributed by atoms with Gasteiger partial charge in [-0.05, 0) is 25.9 Å². The van der Waals surface area contributed by atoms with Crippen molar-refractivity contribution in [1.82, 2.24) is 4.90 Å². The van der Waals surface area contributed by atoms with Gasteiger partial charge in [-0.2, -0.15) is 5.26 Å². The van der Waals surface area contributed by atoms with Crippen LogP contribution in [0.5, 0.6) is 0 Å². The Morgan fingerprint density at radius 2 is 1.59 bits per heavy atom. The molecule has 4 heteroatoms. The second kappa shape index (κ2) is 4.93. The van der Waals surface area contributed by atoms with Gasteiger partial charge >= 0.3 is 0 Å². The molecule has 0 unspecified atom stereocenters. The van der Waals surface area contributed by atoms with E-state index in [4.69, 9.17) is 9.47 Å². The highest BCUT2D eigenvalue weighted by molar-refractivity contribution is 5.11. The molecule has 1 aliphatic heterocycles. The molecule has 1 saturated carbocycles. The zero-order chi connectivity index (χ0) is 12.4. The lowest BCUT2D eigenvalue weighted by molar-refractivity contribution is -0.189. The molecule has 1 spiro atoms. The number of rotatable bonds is 3. The molecule has 0 atom stereocenters. The van der Waals surface area contributed by atoms with Crippen molar-refractivity contribution < 1.29 is 9.47 Å². The molecule has 2 fully saturated rings. The van der Waals surface area contributed by atoms with Crippen molar-refractivity contribution in [1.29, 1.82) is 5.26 Å². The summed E-state index contributed by atoms with van der Waals surface area (Å²) < 4.78 is 11.4. The molecule has 1 heterocycles. The van der Waals surface area contributed by atoms with Gasteiger partial charge in [0.05, 0.1) is 19.3 Å². The largest absolute Gasteiger partial charge is 0.348 e. The highest BCUT2D eigenvalue weighted by atomic mass is 16.7. The fourth-order valence-corrected chi connectivity index (χ4v) is 3.16. The van der Waals surface area contributed by atoms with E-state index in [1.807, 2.05) is 0 Å². The van der Waals surface area contributed by atoms with E-state index in [1.54, 1.807) is 0 Å². The zero-order valence-electron chi connectivity index (χ0n) is 10.9. The molecule has 1 aliphatic carbocycles. The summed E-state index contributed by atoms with van der Waals surface area (Å²) >= 11 is 0. The lowest BCUT2D eigenvalue weighted by Gasteiger charge is -2.45. The van der Waals surface area contributed by atoms with Crippen molar-refractivity contribution in [2.24, 2.45) is 0 Å². The summed E-state index contributed by atoms with van der Waals surface area (Å²) in [4.78, 5) is 2.27. The Hall–Kier alpha value is -0.630. The third-order valence-electron chi connectivity index (χ3n) is 4.23. The monoisotopic (exact) mass is 238 g/mol. The first-order valence-corrected chi connectivity index (χ1v) is 6.64. The van der Waals surface area contributed by atoms with Crippen LogP contribution in [0.3, 0.4) is 0 Å². The summed E-state index contributed by atoms with van der Waals surface area (Å²) in [7, 11) is 0. The van der Waals surface area contributed by atoms with Crippen LogP contribution in [0.2, 0.25) is 0 Å². The van der Waals surface area contributed by atoms with Crippen LogP contribution < -0.4 is 0 Å². The third-order valence-corrected chi connectivity index (χ3v) is 4.23. The van der Waals surface area contributed by atoms with Gasteiger partial charge in [0.15, 0.2) is 5.79 Å². The van der Waals surface area contributed by atoms with Crippen LogP contribution in [-0.2, 0) is 9.47 Å². The Labute approximate surface area is 103 Å². The maximum absolute atomic E-state index is 9.53. The molecule has 0 N–H and O–H groups in total. The maximum atomic E-state index is 9.53. The second-order valence-corrected chi connectivity index (χ2v) is 4.92. The van der Waals surface area contributed by atoms with E-state index < -0.39 is 0 Å². The van der Waals surface area contributed by atoms with Gasteiger partial charge in [0.2, 0.25) is 0 Å². The summed E-state index contributed by atoms with van der Waals surface area (Å²) in [6.07, 6.45) is 3.39. The van der Waals surface area contributed by atoms with Gasteiger partial charge in [-0.1, -0.05) is 13.8 Å². The first-order chi connectivity index (χ1) is 8.20. The molecule has 1 saturated heterocycles. The number of ether oxygens (including phenoxy) is 2. The van der Waals surface area contributed by atoms with Gasteiger partial charge in [-0.25, -0.2) is 0 Å². The first-order valence-electron chi connectivity index (χ1n) is 6.64. The van der Waals surface area contributed by atoms with Crippen LogP contribution in [0.25, 0.3) is 0 Å². The average molecular weight is 238 g/mol. The third kappa shape index (κ3) is 2.20. The van der Waals surface area contributed by atoms with Crippen LogP contribution in [0.4, 0.5) is 0 Å². The summed E-state index contributed by atoms with van der Waals surface area (Å²) in [5.41, 5.74) is -0.302. The van der Waals surface area contributed by atoms with Crippen molar-refractivity contribution in [3.63, 3.8) is 0 Å². The molecule has 0 bridgehead atoms. The molecule has 2 aliphatic rings. The molecule has 0 amide bonds. The topological polar surface area (TPSA) is 45.5 Å². The minimum Gasteiger partial charge on any atom is -0.348 e. The summed E-state index contributed by atoms with van der Waals surface area (Å²) in [5, 5.41) is 9.53. The molecule has 0 radical (unpaired) electrons. The van der Waals surface area contributed by atoms with Crippen molar-refractivity contribution in [3.8, 4) is 6.07 Å². The minimum absolute atomic E-state index is 0.302. The van der Waals surface area contributed by atoms with Crippen LogP contribution in [0, 0.1) is 11.3 Å². The van der Waals surface area contributed by atoms with Gasteiger partial charge in [-0.3, -0.25) is 4.90 Å². The Morgan fingerprint density at radius 3 is 2.00 bits per heavy atom.